The van der Waals surface area contributed by atoms with Crippen molar-refractivity contribution in [1.29, 1.82) is 0 Å². The number of aromatic nitrogens is 3. The summed E-state index contributed by atoms with van der Waals surface area (Å²) in [4.78, 5) is 16.1. The van der Waals surface area contributed by atoms with Gasteiger partial charge in [0, 0.05) is 63.6 Å². The summed E-state index contributed by atoms with van der Waals surface area (Å²) < 4.78 is 2.29. The number of fused-ring (bicyclic) bond motifs is 1. The van der Waals surface area contributed by atoms with Crippen molar-refractivity contribution < 1.29 is 4.79 Å². The van der Waals surface area contributed by atoms with Gasteiger partial charge in [-0.1, -0.05) is 29.8 Å². The maximum atomic E-state index is 11.8. The largest absolute Gasteiger partial charge is 0.342 e. The molecule has 1 fully saturated rings. The first-order chi connectivity index (χ1) is 13.1. The third kappa shape index (κ3) is 4.01. The zero-order chi connectivity index (χ0) is 18.8. The van der Waals surface area contributed by atoms with Crippen LogP contribution < -0.4 is 0 Å². The lowest BCUT2D eigenvalue weighted by Crippen LogP contribution is -2.38. The van der Waals surface area contributed by atoms with Gasteiger partial charge in [0.05, 0.1) is 0 Å². The molecule has 0 bridgehead atoms. The molecule has 2 aliphatic rings. The number of carbonyl (C=O) groups excluding carboxylic acids is 1. The van der Waals surface area contributed by atoms with Crippen molar-refractivity contribution in [2.24, 2.45) is 0 Å². The second kappa shape index (κ2) is 7.98. The van der Waals surface area contributed by atoms with Crippen LogP contribution in [0.4, 0.5) is 0 Å². The van der Waals surface area contributed by atoms with Crippen LogP contribution in [-0.4, -0.2) is 56.7 Å². The van der Waals surface area contributed by atoms with E-state index >= 15 is 0 Å². The number of piperidine rings is 1. The van der Waals surface area contributed by atoms with Gasteiger partial charge in [-0.2, -0.15) is 0 Å². The van der Waals surface area contributed by atoms with Gasteiger partial charge < -0.3 is 9.47 Å². The Morgan fingerprint density at radius 3 is 2.85 bits per heavy atom. The normalized spacial score (nSPS) is 21.0. The minimum Gasteiger partial charge on any atom is -0.342 e. The van der Waals surface area contributed by atoms with E-state index in [1.165, 1.54) is 5.56 Å². The second-order valence-electron chi connectivity index (χ2n) is 7.55. The molecule has 3 heterocycles. The first-order valence-electron chi connectivity index (χ1n) is 9.75. The van der Waals surface area contributed by atoms with Crippen LogP contribution in [0.1, 0.15) is 42.9 Å². The van der Waals surface area contributed by atoms with E-state index in [4.69, 9.17) is 11.6 Å². The molecule has 144 valence electrons. The molecule has 1 unspecified atom stereocenters. The molecule has 1 saturated heterocycles. The van der Waals surface area contributed by atoms with Crippen LogP contribution in [0, 0.1) is 0 Å². The Bertz CT molecular complexity index is 820. The molecule has 2 aliphatic heterocycles. The van der Waals surface area contributed by atoms with Crippen LogP contribution in [0.5, 0.6) is 0 Å². The first kappa shape index (κ1) is 18.4. The molecule has 2 aromatic rings. The zero-order valence-electron chi connectivity index (χ0n) is 15.8. The Morgan fingerprint density at radius 1 is 1.19 bits per heavy atom. The van der Waals surface area contributed by atoms with Crippen LogP contribution in [0.2, 0.25) is 5.02 Å². The van der Waals surface area contributed by atoms with Crippen molar-refractivity contribution >= 4 is 17.5 Å². The molecule has 6 nitrogen and oxygen atoms in total. The summed E-state index contributed by atoms with van der Waals surface area (Å²) in [6.45, 7) is 6.92. The molecule has 1 atom stereocenters. The lowest BCUT2D eigenvalue weighted by Gasteiger charge is -2.31. The highest BCUT2D eigenvalue weighted by molar-refractivity contribution is 6.31. The maximum absolute atomic E-state index is 11.8. The zero-order valence-corrected chi connectivity index (χ0v) is 16.5. The smallest absolute Gasteiger partial charge is 0.219 e. The highest BCUT2D eigenvalue weighted by Gasteiger charge is 2.29. The summed E-state index contributed by atoms with van der Waals surface area (Å²) in [5.74, 6) is 2.56. The van der Waals surface area contributed by atoms with Gasteiger partial charge in [0.2, 0.25) is 5.91 Å². The number of halogens is 1. The topological polar surface area (TPSA) is 54.3 Å². The van der Waals surface area contributed by atoms with E-state index in [0.29, 0.717) is 5.92 Å². The quantitative estimate of drug-likeness (QED) is 0.812. The lowest BCUT2D eigenvalue weighted by atomic mass is 9.97. The average Bonchev–Trinajstić information content (AvgIpc) is 2.98. The van der Waals surface area contributed by atoms with E-state index in [2.05, 4.69) is 25.7 Å². The van der Waals surface area contributed by atoms with Crippen LogP contribution in [0.3, 0.4) is 0 Å². The predicted molar refractivity (Wildman–Crippen MR) is 105 cm³/mol. The number of benzene rings is 1. The van der Waals surface area contributed by atoms with Crippen LogP contribution in [0.15, 0.2) is 24.3 Å². The molecule has 0 saturated carbocycles. The van der Waals surface area contributed by atoms with E-state index in [1.807, 2.05) is 23.1 Å². The van der Waals surface area contributed by atoms with Gasteiger partial charge in [0.15, 0.2) is 0 Å². The summed E-state index contributed by atoms with van der Waals surface area (Å²) in [5.41, 5.74) is 1.17. The van der Waals surface area contributed by atoms with Crippen molar-refractivity contribution in [3.63, 3.8) is 0 Å². The van der Waals surface area contributed by atoms with Crippen molar-refractivity contribution in [3.8, 4) is 0 Å². The summed E-state index contributed by atoms with van der Waals surface area (Å²) in [6.07, 6.45) is 3.00. The Kier molecular flexibility index (Phi) is 5.45. The van der Waals surface area contributed by atoms with Gasteiger partial charge >= 0.3 is 0 Å². The van der Waals surface area contributed by atoms with Crippen LogP contribution in [-0.2, 0) is 24.3 Å². The van der Waals surface area contributed by atoms with E-state index in [1.54, 1.807) is 6.92 Å². The van der Waals surface area contributed by atoms with Gasteiger partial charge in [-0.15, -0.1) is 10.2 Å². The number of carbonyl (C=O) groups is 1. The number of likely N-dealkylation sites (tertiary alicyclic amines) is 1. The first-order valence-corrected chi connectivity index (χ1v) is 10.1. The molecule has 1 aromatic heterocycles. The van der Waals surface area contributed by atoms with Gasteiger partial charge in [0.1, 0.15) is 11.6 Å². The van der Waals surface area contributed by atoms with E-state index < -0.39 is 0 Å². The number of rotatable bonds is 3. The summed E-state index contributed by atoms with van der Waals surface area (Å²) in [6, 6.07) is 8.05. The number of hydrogen-bond donors (Lipinski definition) is 0. The molecule has 1 amide bonds. The van der Waals surface area contributed by atoms with E-state index in [-0.39, 0.29) is 5.91 Å². The molecule has 1 aromatic carbocycles. The maximum Gasteiger partial charge on any atom is 0.219 e. The van der Waals surface area contributed by atoms with Crippen LogP contribution >= 0.6 is 11.6 Å². The number of hydrogen-bond acceptors (Lipinski definition) is 4. The SMILES string of the molecule is CC(=O)N1CCCC(c2nnc3n2CCN(Cc2ccccc2Cl)CC3)C1. The van der Waals surface area contributed by atoms with Crippen molar-refractivity contribution in [3.05, 3.63) is 46.5 Å². The predicted octanol–water partition coefficient (Wildman–Crippen LogP) is 2.72. The molecule has 0 radical (unpaired) electrons. The highest BCUT2D eigenvalue weighted by Crippen LogP contribution is 2.27. The minimum atomic E-state index is 0.154. The third-order valence-corrected chi connectivity index (χ3v) is 6.10. The summed E-state index contributed by atoms with van der Waals surface area (Å²) in [7, 11) is 0. The average molecular weight is 388 g/mol. The van der Waals surface area contributed by atoms with Crippen molar-refractivity contribution in [2.75, 3.05) is 26.2 Å². The standard InChI is InChI=1S/C20H26ClN5O/c1-15(27)25-9-4-6-17(14-25)20-23-22-19-8-10-24(11-12-26(19)20)13-16-5-2-3-7-18(16)21/h2-3,5,7,17H,4,6,8-14H2,1H3. The molecule has 0 spiro atoms. The molecule has 27 heavy (non-hydrogen) atoms. The molecule has 4 rings (SSSR count). The Balaban J connectivity index is 1.46. The van der Waals surface area contributed by atoms with Crippen molar-refractivity contribution in [1.82, 2.24) is 24.6 Å². The second-order valence-corrected chi connectivity index (χ2v) is 7.96. The Labute approximate surface area is 165 Å². The Hall–Kier alpha value is -1.92. The summed E-state index contributed by atoms with van der Waals surface area (Å²) >= 11 is 6.33. The molecule has 0 aliphatic carbocycles. The fourth-order valence-electron chi connectivity index (χ4n) is 4.19. The van der Waals surface area contributed by atoms with E-state index in [0.717, 1.165) is 75.2 Å². The fourth-order valence-corrected chi connectivity index (χ4v) is 4.39. The number of nitrogens with zero attached hydrogens (tertiary/aromatic N) is 5. The molecular formula is C20H26ClN5O. The van der Waals surface area contributed by atoms with Crippen LogP contribution in [0.25, 0.3) is 0 Å². The molecular weight excluding hydrogens is 362 g/mol. The third-order valence-electron chi connectivity index (χ3n) is 5.73. The minimum absolute atomic E-state index is 0.154. The molecule has 7 heteroatoms. The molecule has 0 N–H and O–H groups in total. The van der Waals surface area contributed by atoms with Gasteiger partial charge in [-0.25, -0.2) is 0 Å². The van der Waals surface area contributed by atoms with Crippen molar-refractivity contribution in [2.45, 2.75) is 45.2 Å². The summed E-state index contributed by atoms with van der Waals surface area (Å²) in [5, 5.41) is 9.82. The van der Waals surface area contributed by atoms with Gasteiger partial charge in [-0.3, -0.25) is 9.69 Å². The highest BCUT2D eigenvalue weighted by atomic mass is 35.5. The Morgan fingerprint density at radius 2 is 2.04 bits per heavy atom. The van der Waals surface area contributed by atoms with E-state index in [9.17, 15) is 4.79 Å². The number of amides is 1. The van der Waals surface area contributed by atoms with Gasteiger partial charge in [0.25, 0.3) is 0 Å². The lowest BCUT2D eigenvalue weighted by molar-refractivity contribution is -0.130. The monoisotopic (exact) mass is 387 g/mol. The van der Waals surface area contributed by atoms with Gasteiger partial charge in [-0.05, 0) is 24.5 Å². The fraction of sp³-hybridized carbons (Fsp3) is 0.550.